The summed E-state index contributed by atoms with van der Waals surface area (Å²) in [4.78, 5) is 27.8. The monoisotopic (exact) mass is 350 g/mol. The van der Waals surface area contributed by atoms with Crippen molar-refractivity contribution >= 4 is 27.3 Å². The normalized spacial score (nSPS) is 23.3. The molecule has 130 valence electrons. The van der Waals surface area contributed by atoms with E-state index in [0.29, 0.717) is 24.9 Å². The predicted octanol–water partition coefficient (Wildman–Crippen LogP) is 1.46. The molecule has 1 unspecified atom stereocenters. The third kappa shape index (κ3) is 3.45. The summed E-state index contributed by atoms with van der Waals surface area (Å²) in [7, 11) is -1.37. The number of anilines is 1. The quantitative estimate of drug-likeness (QED) is 0.827. The first-order valence-corrected chi connectivity index (χ1v) is 10.1. The van der Waals surface area contributed by atoms with Crippen molar-refractivity contribution in [2.45, 2.75) is 31.7 Å². The van der Waals surface area contributed by atoms with Gasteiger partial charge in [0.2, 0.25) is 5.91 Å². The van der Waals surface area contributed by atoms with E-state index in [0.717, 1.165) is 18.5 Å². The smallest absolute Gasteiger partial charge is 0.253 e. The Hall–Kier alpha value is -1.89. The van der Waals surface area contributed by atoms with Gasteiger partial charge in [0.05, 0.1) is 11.5 Å². The summed E-state index contributed by atoms with van der Waals surface area (Å²) < 4.78 is 23.2. The van der Waals surface area contributed by atoms with E-state index < -0.39 is 9.84 Å². The van der Waals surface area contributed by atoms with Crippen LogP contribution in [0.25, 0.3) is 0 Å². The summed E-state index contributed by atoms with van der Waals surface area (Å²) in [6, 6.07) is 6.73. The van der Waals surface area contributed by atoms with Crippen LogP contribution in [0, 0.1) is 0 Å². The zero-order valence-corrected chi connectivity index (χ0v) is 14.6. The van der Waals surface area contributed by atoms with Crippen LogP contribution in [0.3, 0.4) is 0 Å². The molecule has 7 heteroatoms. The van der Waals surface area contributed by atoms with Crippen molar-refractivity contribution in [1.82, 2.24) is 4.90 Å². The Labute approximate surface area is 142 Å². The van der Waals surface area contributed by atoms with Gasteiger partial charge in [-0.1, -0.05) is 0 Å². The SMILES string of the molecule is CN(C(=O)c1ccc(N2CCCCC2=O)cc1)C1CCS(=O)(=O)C1. The fraction of sp³-hybridized carbons (Fsp3) is 0.529. The molecule has 0 aromatic heterocycles. The summed E-state index contributed by atoms with van der Waals surface area (Å²) in [5, 5.41) is 0. The molecule has 2 amide bonds. The van der Waals surface area contributed by atoms with E-state index in [1.807, 2.05) is 0 Å². The fourth-order valence-corrected chi connectivity index (χ4v) is 5.09. The summed E-state index contributed by atoms with van der Waals surface area (Å²) >= 11 is 0. The number of rotatable bonds is 3. The molecule has 24 heavy (non-hydrogen) atoms. The van der Waals surface area contributed by atoms with Crippen molar-refractivity contribution in [3.05, 3.63) is 29.8 Å². The van der Waals surface area contributed by atoms with Crippen molar-refractivity contribution in [3.63, 3.8) is 0 Å². The Bertz CT molecular complexity index is 742. The van der Waals surface area contributed by atoms with Gasteiger partial charge in [-0.2, -0.15) is 0 Å². The van der Waals surface area contributed by atoms with Gasteiger partial charge in [-0.15, -0.1) is 0 Å². The fourth-order valence-electron chi connectivity index (χ4n) is 3.31. The van der Waals surface area contributed by atoms with E-state index in [1.165, 1.54) is 4.90 Å². The van der Waals surface area contributed by atoms with Gasteiger partial charge in [0.15, 0.2) is 9.84 Å². The molecular weight excluding hydrogens is 328 g/mol. The van der Waals surface area contributed by atoms with Crippen LogP contribution in [-0.4, -0.2) is 56.3 Å². The maximum atomic E-state index is 12.5. The molecule has 2 aliphatic rings. The van der Waals surface area contributed by atoms with Gasteiger partial charge >= 0.3 is 0 Å². The number of piperidine rings is 1. The average Bonchev–Trinajstić information content (AvgIpc) is 2.94. The number of sulfone groups is 1. The summed E-state index contributed by atoms with van der Waals surface area (Å²) in [5.41, 5.74) is 1.32. The van der Waals surface area contributed by atoms with Crippen LogP contribution in [0.15, 0.2) is 24.3 Å². The highest BCUT2D eigenvalue weighted by Crippen LogP contribution is 2.23. The maximum Gasteiger partial charge on any atom is 0.253 e. The van der Waals surface area contributed by atoms with E-state index >= 15 is 0 Å². The zero-order valence-electron chi connectivity index (χ0n) is 13.8. The van der Waals surface area contributed by atoms with Gasteiger partial charge in [-0.05, 0) is 43.5 Å². The highest BCUT2D eigenvalue weighted by Gasteiger charge is 2.33. The van der Waals surface area contributed by atoms with Crippen molar-refractivity contribution < 1.29 is 18.0 Å². The second kappa shape index (κ2) is 6.55. The summed E-state index contributed by atoms with van der Waals surface area (Å²) in [6.45, 7) is 0.714. The lowest BCUT2D eigenvalue weighted by atomic mass is 10.1. The molecule has 0 spiro atoms. The van der Waals surface area contributed by atoms with E-state index in [4.69, 9.17) is 0 Å². The lowest BCUT2D eigenvalue weighted by Crippen LogP contribution is -2.38. The lowest BCUT2D eigenvalue weighted by molar-refractivity contribution is -0.119. The second-order valence-electron chi connectivity index (χ2n) is 6.52. The van der Waals surface area contributed by atoms with Crippen LogP contribution in [0.5, 0.6) is 0 Å². The van der Waals surface area contributed by atoms with Gasteiger partial charge < -0.3 is 9.80 Å². The molecule has 2 saturated heterocycles. The first-order chi connectivity index (χ1) is 11.4. The van der Waals surface area contributed by atoms with Crippen molar-refractivity contribution in [3.8, 4) is 0 Å². The van der Waals surface area contributed by atoms with Gasteiger partial charge in [-0.3, -0.25) is 9.59 Å². The Balaban J connectivity index is 1.71. The molecule has 1 aromatic carbocycles. The number of benzene rings is 1. The Morgan fingerprint density at radius 1 is 1.21 bits per heavy atom. The van der Waals surface area contributed by atoms with Gasteiger partial charge in [0, 0.05) is 37.3 Å². The van der Waals surface area contributed by atoms with E-state index in [9.17, 15) is 18.0 Å². The van der Waals surface area contributed by atoms with Gasteiger partial charge in [0.25, 0.3) is 5.91 Å². The van der Waals surface area contributed by atoms with Crippen LogP contribution in [-0.2, 0) is 14.6 Å². The molecule has 2 aliphatic heterocycles. The lowest BCUT2D eigenvalue weighted by Gasteiger charge is -2.27. The van der Waals surface area contributed by atoms with Crippen molar-refractivity contribution in [2.24, 2.45) is 0 Å². The van der Waals surface area contributed by atoms with E-state index in [-0.39, 0.29) is 29.4 Å². The first-order valence-electron chi connectivity index (χ1n) is 8.25. The third-order valence-corrected chi connectivity index (χ3v) is 6.58. The van der Waals surface area contributed by atoms with Crippen molar-refractivity contribution in [2.75, 3.05) is 30.0 Å². The molecule has 1 atom stereocenters. The molecule has 0 aliphatic carbocycles. The maximum absolute atomic E-state index is 12.5. The number of carbonyl (C=O) groups is 2. The minimum Gasteiger partial charge on any atom is -0.338 e. The highest BCUT2D eigenvalue weighted by molar-refractivity contribution is 7.91. The summed E-state index contributed by atoms with van der Waals surface area (Å²) in [6.07, 6.45) is 2.98. The number of carbonyl (C=O) groups excluding carboxylic acids is 2. The number of hydrogen-bond donors (Lipinski definition) is 0. The Morgan fingerprint density at radius 3 is 2.50 bits per heavy atom. The van der Waals surface area contributed by atoms with Crippen LogP contribution >= 0.6 is 0 Å². The molecule has 0 radical (unpaired) electrons. The Morgan fingerprint density at radius 2 is 1.92 bits per heavy atom. The predicted molar refractivity (Wildman–Crippen MR) is 91.8 cm³/mol. The van der Waals surface area contributed by atoms with Crippen LogP contribution in [0.1, 0.15) is 36.0 Å². The van der Waals surface area contributed by atoms with E-state index in [1.54, 1.807) is 36.2 Å². The molecule has 0 bridgehead atoms. The standard InChI is InChI=1S/C17H22N2O4S/c1-18(15-9-11-24(22,23)12-15)17(21)13-5-7-14(8-6-13)19-10-3-2-4-16(19)20/h5-8,15H,2-4,9-12H2,1H3. The van der Waals surface area contributed by atoms with Crippen LogP contribution in [0.2, 0.25) is 0 Å². The molecule has 2 heterocycles. The average molecular weight is 350 g/mol. The molecule has 3 rings (SSSR count). The van der Waals surface area contributed by atoms with Crippen LogP contribution in [0.4, 0.5) is 5.69 Å². The topological polar surface area (TPSA) is 74.8 Å². The van der Waals surface area contributed by atoms with Crippen molar-refractivity contribution in [1.29, 1.82) is 0 Å². The molecule has 6 nitrogen and oxygen atoms in total. The number of nitrogens with zero attached hydrogens (tertiary/aromatic N) is 2. The van der Waals surface area contributed by atoms with Crippen LogP contribution < -0.4 is 4.90 Å². The van der Waals surface area contributed by atoms with Gasteiger partial charge in [0.1, 0.15) is 0 Å². The molecule has 2 fully saturated rings. The minimum absolute atomic E-state index is 0.0373. The Kier molecular flexibility index (Phi) is 4.62. The summed E-state index contributed by atoms with van der Waals surface area (Å²) in [5.74, 6) is 0.114. The molecule has 1 aromatic rings. The second-order valence-corrected chi connectivity index (χ2v) is 8.75. The van der Waals surface area contributed by atoms with Gasteiger partial charge in [-0.25, -0.2) is 8.42 Å². The molecule has 0 saturated carbocycles. The third-order valence-electron chi connectivity index (χ3n) is 4.83. The number of amides is 2. The molecule has 0 N–H and O–H groups in total. The first kappa shape index (κ1) is 17.0. The number of hydrogen-bond acceptors (Lipinski definition) is 4. The van der Waals surface area contributed by atoms with E-state index in [2.05, 4.69) is 0 Å². The zero-order chi connectivity index (χ0) is 17.3. The largest absolute Gasteiger partial charge is 0.338 e. The highest BCUT2D eigenvalue weighted by atomic mass is 32.2. The minimum atomic E-state index is -3.02. The molecular formula is C17H22N2O4S.